The van der Waals surface area contributed by atoms with Crippen LogP contribution in [-0.4, -0.2) is 27.1 Å². The lowest BCUT2D eigenvalue weighted by Gasteiger charge is -2.10. The van der Waals surface area contributed by atoms with Crippen molar-refractivity contribution in [1.29, 1.82) is 0 Å². The SMILES string of the molecule is CCCn1ncc(Br)c1C(=O)C1CCSC1. The molecule has 5 heteroatoms. The van der Waals surface area contributed by atoms with Crippen LogP contribution in [0.4, 0.5) is 0 Å². The third-order valence-corrected chi connectivity index (χ3v) is 4.51. The highest BCUT2D eigenvalue weighted by Crippen LogP contribution is 2.29. The summed E-state index contributed by atoms with van der Waals surface area (Å²) in [5.74, 6) is 2.51. The molecule has 0 saturated carbocycles. The van der Waals surface area contributed by atoms with E-state index in [-0.39, 0.29) is 11.7 Å². The van der Waals surface area contributed by atoms with Gasteiger partial charge in [0.25, 0.3) is 0 Å². The van der Waals surface area contributed by atoms with Gasteiger partial charge in [0.05, 0.1) is 10.7 Å². The van der Waals surface area contributed by atoms with E-state index in [1.807, 2.05) is 16.4 Å². The van der Waals surface area contributed by atoms with Gasteiger partial charge in [0.1, 0.15) is 5.69 Å². The molecule has 1 atom stereocenters. The Morgan fingerprint density at radius 2 is 2.56 bits per heavy atom. The van der Waals surface area contributed by atoms with Gasteiger partial charge in [-0.05, 0) is 34.5 Å². The van der Waals surface area contributed by atoms with Gasteiger partial charge in [-0.1, -0.05) is 6.92 Å². The fraction of sp³-hybridized carbons (Fsp3) is 0.636. The maximum atomic E-state index is 12.3. The molecule has 1 saturated heterocycles. The topological polar surface area (TPSA) is 34.9 Å². The van der Waals surface area contributed by atoms with Gasteiger partial charge in [-0.2, -0.15) is 16.9 Å². The van der Waals surface area contributed by atoms with Crippen molar-refractivity contribution in [3.05, 3.63) is 16.4 Å². The second-order valence-corrected chi connectivity index (χ2v) is 5.99. The Labute approximate surface area is 108 Å². The van der Waals surface area contributed by atoms with Crippen LogP contribution < -0.4 is 0 Å². The second kappa shape index (κ2) is 5.36. The normalized spacial score (nSPS) is 20.2. The highest BCUT2D eigenvalue weighted by molar-refractivity contribution is 9.10. The first-order valence-corrected chi connectivity index (χ1v) is 7.52. The van der Waals surface area contributed by atoms with E-state index in [1.54, 1.807) is 6.20 Å². The van der Waals surface area contributed by atoms with Gasteiger partial charge in [-0.15, -0.1) is 0 Å². The molecule has 0 bridgehead atoms. The summed E-state index contributed by atoms with van der Waals surface area (Å²) in [5.41, 5.74) is 0.759. The lowest BCUT2D eigenvalue weighted by Crippen LogP contribution is -2.19. The van der Waals surface area contributed by atoms with Crippen LogP contribution in [0, 0.1) is 5.92 Å². The average molecular weight is 303 g/mol. The van der Waals surface area contributed by atoms with Gasteiger partial charge in [0, 0.05) is 18.2 Å². The van der Waals surface area contributed by atoms with Crippen LogP contribution in [-0.2, 0) is 6.54 Å². The number of hydrogen-bond donors (Lipinski definition) is 0. The van der Waals surface area contributed by atoms with Crippen LogP contribution in [0.1, 0.15) is 30.3 Å². The molecule has 0 N–H and O–H groups in total. The lowest BCUT2D eigenvalue weighted by atomic mass is 10.0. The quantitative estimate of drug-likeness (QED) is 0.802. The number of aryl methyl sites for hydroxylation is 1. The molecule has 1 aromatic rings. The summed E-state index contributed by atoms with van der Waals surface area (Å²) in [4.78, 5) is 12.3. The van der Waals surface area contributed by atoms with E-state index in [0.29, 0.717) is 0 Å². The van der Waals surface area contributed by atoms with Crippen LogP contribution >= 0.6 is 27.7 Å². The van der Waals surface area contributed by atoms with E-state index >= 15 is 0 Å². The number of carbonyl (C=O) groups excluding carboxylic acids is 1. The maximum Gasteiger partial charge on any atom is 0.185 e. The van der Waals surface area contributed by atoms with Crippen LogP contribution in [0.5, 0.6) is 0 Å². The number of carbonyl (C=O) groups is 1. The molecule has 1 unspecified atom stereocenters. The highest BCUT2D eigenvalue weighted by Gasteiger charge is 2.28. The largest absolute Gasteiger partial charge is 0.292 e. The van der Waals surface area contributed by atoms with Gasteiger partial charge < -0.3 is 0 Å². The molecule has 0 radical (unpaired) electrons. The predicted octanol–water partition coefficient (Wildman–Crippen LogP) is 2.99. The summed E-state index contributed by atoms with van der Waals surface area (Å²) < 4.78 is 2.66. The summed E-state index contributed by atoms with van der Waals surface area (Å²) in [5, 5.41) is 4.24. The molecular formula is C11H15BrN2OS. The van der Waals surface area contributed by atoms with Crippen molar-refractivity contribution >= 4 is 33.5 Å². The smallest absolute Gasteiger partial charge is 0.185 e. The van der Waals surface area contributed by atoms with Crippen molar-refractivity contribution in [3.63, 3.8) is 0 Å². The summed E-state index contributed by atoms with van der Waals surface area (Å²) in [7, 11) is 0. The molecule has 88 valence electrons. The fourth-order valence-corrected chi connectivity index (χ4v) is 3.64. The second-order valence-electron chi connectivity index (χ2n) is 3.99. The third-order valence-electron chi connectivity index (χ3n) is 2.76. The maximum absolute atomic E-state index is 12.3. The minimum Gasteiger partial charge on any atom is -0.292 e. The summed E-state index contributed by atoms with van der Waals surface area (Å²) in [6.45, 7) is 2.90. The molecule has 1 fully saturated rings. The van der Waals surface area contributed by atoms with E-state index in [1.165, 1.54) is 0 Å². The van der Waals surface area contributed by atoms with E-state index in [0.717, 1.165) is 41.1 Å². The standard InChI is InChI=1S/C11H15BrN2OS/c1-2-4-14-10(9(12)6-13-14)11(15)8-3-5-16-7-8/h6,8H,2-5,7H2,1H3. The predicted molar refractivity (Wildman–Crippen MR) is 70.0 cm³/mol. The number of halogens is 1. The van der Waals surface area contributed by atoms with E-state index in [9.17, 15) is 4.79 Å². The zero-order chi connectivity index (χ0) is 11.5. The molecule has 3 nitrogen and oxygen atoms in total. The number of thioether (sulfide) groups is 1. The Hall–Kier alpha value is -0.290. The summed E-state index contributed by atoms with van der Waals surface area (Å²) >= 11 is 5.29. The molecule has 0 aliphatic carbocycles. The minimum absolute atomic E-state index is 0.189. The zero-order valence-corrected chi connectivity index (χ0v) is 11.7. The Morgan fingerprint density at radius 3 is 3.19 bits per heavy atom. The molecule has 0 aromatic carbocycles. The molecule has 2 heterocycles. The molecule has 1 aliphatic heterocycles. The number of Topliss-reactive ketones (excluding diaryl/α,β-unsaturated/α-hetero) is 1. The van der Waals surface area contributed by atoms with Crippen molar-refractivity contribution in [2.45, 2.75) is 26.3 Å². The molecule has 0 spiro atoms. The van der Waals surface area contributed by atoms with Crippen LogP contribution in [0.2, 0.25) is 0 Å². The highest BCUT2D eigenvalue weighted by atomic mass is 79.9. The van der Waals surface area contributed by atoms with Crippen molar-refractivity contribution in [2.24, 2.45) is 5.92 Å². The Morgan fingerprint density at radius 1 is 1.75 bits per heavy atom. The van der Waals surface area contributed by atoms with Crippen molar-refractivity contribution in [1.82, 2.24) is 9.78 Å². The number of ketones is 1. The minimum atomic E-state index is 0.189. The summed E-state index contributed by atoms with van der Waals surface area (Å²) in [6.07, 6.45) is 3.73. The molecule has 16 heavy (non-hydrogen) atoms. The molecular weight excluding hydrogens is 288 g/mol. The third kappa shape index (κ3) is 2.35. The van der Waals surface area contributed by atoms with Crippen LogP contribution in [0.15, 0.2) is 10.7 Å². The number of aromatic nitrogens is 2. The Kier molecular flexibility index (Phi) is 4.08. The first kappa shape index (κ1) is 12.2. The van der Waals surface area contributed by atoms with E-state index in [4.69, 9.17) is 0 Å². The first-order chi connectivity index (χ1) is 7.74. The monoisotopic (exact) mass is 302 g/mol. The first-order valence-electron chi connectivity index (χ1n) is 5.57. The van der Waals surface area contributed by atoms with Gasteiger partial charge in [0.2, 0.25) is 0 Å². The zero-order valence-electron chi connectivity index (χ0n) is 9.28. The molecule has 1 aliphatic rings. The molecule has 0 amide bonds. The number of hydrogen-bond acceptors (Lipinski definition) is 3. The van der Waals surface area contributed by atoms with Gasteiger partial charge in [-0.25, -0.2) is 0 Å². The molecule has 1 aromatic heterocycles. The Balaban J connectivity index is 2.23. The van der Waals surface area contributed by atoms with Crippen molar-refractivity contribution in [2.75, 3.05) is 11.5 Å². The summed E-state index contributed by atoms with van der Waals surface area (Å²) in [6, 6.07) is 0. The van der Waals surface area contributed by atoms with Crippen molar-refractivity contribution < 1.29 is 4.79 Å². The van der Waals surface area contributed by atoms with E-state index in [2.05, 4.69) is 28.0 Å². The van der Waals surface area contributed by atoms with E-state index < -0.39 is 0 Å². The van der Waals surface area contributed by atoms with Gasteiger partial charge >= 0.3 is 0 Å². The number of rotatable bonds is 4. The number of nitrogens with zero attached hydrogens (tertiary/aromatic N) is 2. The lowest BCUT2D eigenvalue weighted by molar-refractivity contribution is 0.0921. The molecule has 2 rings (SSSR count). The van der Waals surface area contributed by atoms with Crippen LogP contribution in [0.3, 0.4) is 0 Å². The van der Waals surface area contributed by atoms with Gasteiger partial charge in [0.15, 0.2) is 5.78 Å². The van der Waals surface area contributed by atoms with Gasteiger partial charge in [-0.3, -0.25) is 9.48 Å². The van der Waals surface area contributed by atoms with Crippen LogP contribution in [0.25, 0.3) is 0 Å². The Bertz CT molecular complexity index is 385. The average Bonchev–Trinajstić information content (AvgIpc) is 2.88. The van der Waals surface area contributed by atoms with Crippen molar-refractivity contribution in [3.8, 4) is 0 Å². The fourth-order valence-electron chi connectivity index (χ4n) is 1.92.